The summed E-state index contributed by atoms with van der Waals surface area (Å²) in [6.07, 6.45) is 6.73. The van der Waals surface area contributed by atoms with Gasteiger partial charge in [-0.2, -0.15) is 5.10 Å². The molecule has 2 atom stereocenters. The monoisotopic (exact) mass is 505 g/mol. The van der Waals surface area contributed by atoms with Crippen molar-refractivity contribution in [1.29, 1.82) is 0 Å². The first-order valence-corrected chi connectivity index (χ1v) is 12.6. The van der Waals surface area contributed by atoms with Gasteiger partial charge in [0.1, 0.15) is 6.61 Å². The minimum Gasteiger partial charge on any atom is -0.493 e. The molecule has 3 aromatic rings. The van der Waals surface area contributed by atoms with E-state index in [1.165, 1.54) is 0 Å². The van der Waals surface area contributed by atoms with Crippen LogP contribution in [0.25, 0.3) is 5.69 Å². The molecular weight excluding hydrogens is 470 g/mol. The van der Waals surface area contributed by atoms with Gasteiger partial charge in [-0.3, -0.25) is 4.90 Å². The number of benzene rings is 2. The molecule has 0 radical (unpaired) electrons. The fourth-order valence-electron chi connectivity index (χ4n) is 4.48. The Bertz CT molecular complexity index is 1170. The number of aliphatic hydroxyl groups excluding tert-OH is 1. The van der Waals surface area contributed by atoms with Crippen molar-refractivity contribution in [2.24, 2.45) is 0 Å². The number of aryl methyl sites for hydroxylation is 1. The zero-order valence-electron chi connectivity index (χ0n) is 21.5. The minimum atomic E-state index is -0.696. The number of hydrogen-bond donors (Lipinski definition) is 1. The lowest BCUT2D eigenvalue weighted by molar-refractivity contribution is 0.00935. The van der Waals surface area contributed by atoms with Gasteiger partial charge in [0.25, 0.3) is 0 Å². The molecular formula is C29H35N3O5. The number of hydrogen-bond acceptors (Lipinski definition) is 7. The van der Waals surface area contributed by atoms with Gasteiger partial charge in [0.15, 0.2) is 11.5 Å². The van der Waals surface area contributed by atoms with Gasteiger partial charge in [0.05, 0.1) is 42.9 Å². The van der Waals surface area contributed by atoms with Gasteiger partial charge in [0.2, 0.25) is 5.88 Å². The van der Waals surface area contributed by atoms with Crippen molar-refractivity contribution in [3.63, 3.8) is 0 Å². The number of aliphatic hydroxyl groups is 1. The first kappa shape index (κ1) is 26.7. The first-order chi connectivity index (χ1) is 18.1. The zero-order valence-corrected chi connectivity index (χ0v) is 21.5. The second-order valence-corrected chi connectivity index (χ2v) is 9.07. The molecule has 0 aliphatic carbocycles. The van der Waals surface area contributed by atoms with Crippen molar-refractivity contribution >= 4 is 0 Å². The second-order valence-electron chi connectivity index (χ2n) is 9.07. The first-order valence-electron chi connectivity index (χ1n) is 12.6. The highest BCUT2D eigenvalue weighted by molar-refractivity contribution is 5.47. The van der Waals surface area contributed by atoms with Crippen LogP contribution in [-0.4, -0.2) is 72.0 Å². The Morgan fingerprint density at radius 1 is 1.19 bits per heavy atom. The third-order valence-corrected chi connectivity index (χ3v) is 6.25. The molecule has 1 N–H and O–H groups in total. The third kappa shape index (κ3) is 7.12. The van der Waals surface area contributed by atoms with E-state index in [2.05, 4.69) is 10.8 Å². The Morgan fingerprint density at radius 2 is 1.95 bits per heavy atom. The topological polar surface area (TPSA) is 78.2 Å². The SMILES string of the molecule is C#CCOC[C@@H](O)CN(Cc1c(C)nn(-c2ccccc2)c1Oc1ccccc1OC)C[C@H]1CCCO1. The fourth-order valence-corrected chi connectivity index (χ4v) is 4.48. The van der Waals surface area contributed by atoms with Crippen LogP contribution in [0.3, 0.4) is 0 Å². The minimum absolute atomic E-state index is 0.113. The molecule has 2 heterocycles. The van der Waals surface area contributed by atoms with Crippen LogP contribution in [0.5, 0.6) is 17.4 Å². The van der Waals surface area contributed by atoms with E-state index in [1.807, 2.05) is 66.2 Å². The van der Waals surface area contributed by atoms with Gasteiger partial charge in [-0.25, -0.2) is 4.68 Å². The van der Waals surface area contributed by atoms with Crippen LogP contribution in [0.2, 0.25) is 0 Å². The van der Waals surface area contributed by atoms with Crippen molar-refractivity contribution in [3.8, 4) is 35.4 Å². The third-order valence-electron chi connectivity index (χ3n) is 6.25. The van der Waals surface area contributed by atoms with Crippen LogP contribution in [0.4, 0.5) is 0 Å². The van der Waals surface area contributed by atoms with Crippen molar-refractivity contribution < 1.29 is 24.1 Å². The second kappa shape index (κ2) is 13.3. The molecule has 2 aromatic carbocycles. The number of nitrogens with zero attached hydrogens (tertiary/aromatic N) is 3. The molecule has 0 unspecified atom stereocenters. The summed E-state index contributed by atoms with van der Waals surface area (Å²) in [6.45, 7) is 4.65. The number of methoxy groups -OCH3 is 1. The smallest absolute Gasteiger partial charge is 0.227 e. The van der Waals surface area contributed by atoms with Gasteiger partial charge >= 0.3 is 0 Å². The average Bonchev–Trinajstić information content (AvgIpc) is 3.53. The molecule has 37 heavy (non-hydrogen) atoms. The summed E-state index contributed by atoms with van der Waals surface area (Å²) >= 11 is 0. The van der Waals surface area contributed by atoms with Crippen molar-refractivity contribution in [1.82, 2.24) is 14.7 Å². The van der Waals surface area contributed by atoms with E-state index < -0.39 is 6.10 Å². The van der Waals surface area contributed by atoms with Gasteiger partial charge in [-0.1, -0.05) is 36.3 Å². The van der Waals surface area contributed by atoms with Crippen molar-refractivity contribution in [2.75, 3.05) is 40.0 Å². The Balaban J connectivity index is 1.66. The lowest BCUT2D eigenvalue weighted by Crippen LogP contribution is -2.39. The molecule has 4 rings (SSSR count). The van der Waals surface area contributed by atoms with Gasteiger partial charge in [-0.15, -0.1) is 6.42 Å². The van der Waals surface area contributed by atoms with E-state index in [0.717, 1.165) is 36.4 Å². The van der Waals surface area contributed by atoms with Gasteiger partial charge in [-0.05, 0) is 44.0 Å². The maximum absolute atomic E-state index is 10.7. The predicted octanol–water partition coefficient (Wildman–Crippen LogP) is 3.97. The standard InChI is InChI=1S/C29H35N3O5/c1-4-16-35-21-24(33)18-31(19-25-13-10-17-36-25)20-26-22(2)30-32(23-11-6-5-7-12-23)29(26)37-28-15-9-8-14-27(28)34-3/h1,5-9,11-12,14-15,24-25,33H,10,13,16-21H2,2-3H3/t24-,25+/m0/s1. The summed E-state index contributed by atoms with van der Waals surface area (Å²) in [5.74, 6) is 4.26. The number of aromatic nitrogens is 2. The van der Waals surface area contributed by atoms with Crippen molar-refractivity contribution in [2.45, 2.75) is 38.5 Å². The van der Waals surface area contributed by atoms with Crippen LogP contribution in [0.1, 0.15) is 24.1 Å². The summed E-state index contributed by atoms with van der Waals surface area (Å²) in [5, 5.41) is 15.5. The number of rotatable bonds is 13. The number of para-hydroxylation sites is 3. The lowest BCUT2D eigenvalue weighted by Gasteiger charge is -2.27. The Labute approximate surface area is 218 Å². The van der Waals surface area contributed by atoms with Crippen LogP contribution < -0.4 is 9.47 Å². The number of terminal acetylenes is 1. The average molecular weight is 506 g/mol. The summed E-state index contributed by atoms with van der Waals surface area (Å²) < 4.78 is 25.1. The summed E-state index contributed by atoms with van der Waals surface area (Å²) in [6, 6.07) is 17.4. The largest absolute Gasteiger partial charge is 0.493 e. The Morgan fingerprint density at radius 3 is 2.65 bits per heavy atom. The van der Waals surface area contributed by atoms with Gasteiger partial charge in [0, 0.05) is 26.2 Å². The molecule has 1 fully saturated rings. The molecule has 1 saturated heterocycles. The fraction of sp³-hybridized carbons (Fsp3) is 0.414. The highest BCUT2D eigenvalue weighted by Crippen LogP contribution is 2.36. The van der Waals surface area contributed by atoms with E-state index in [0.29, 0.717) is 37.0 Å². The van der Waals surface area contributed by atoms with E-state index in [4.69, 9.17) is 30.5 Å². The van der Waals surface area contributed by atoms with Crippen LogP contribution in [0, 0.1) is 19.3 Å². The van der Waals surface area contributed by atoms with Gasteiger partial charge < -0.3 is 24.1 Å². The highest BCUT2D eigenvalue weighted by atomic mass is 16.5. The van der Waals surface area contributed by atoms with E-state index >= 15 is 0 Å². The molecule has 0 amide bonds. The molecule has 0 bridgehead atoms. The summed E-state index contributed by atoms with van der Waals surface area (Å²) in [5.41, 5.74) is 2.64. The van der Waals surface area contributed by atoms with Crippen LogP contribution >= 0.6 is 0 Å². The Kier molecular flexibility index (Phi) is 9.58. The van der Waals surface area contributed by atoms with E-state index in [1.54, 1.807) is 7.11 Å². The summed E-state index contributed by atoms with van der Waals surface area (Å²) in [4.78, 5) is 2.17. The number of ether oxygens (including phenoxy) is 4. The summed E-state index contributed by atoms with van der Waals surface area (Å²) in [7, 11) is 1.62. The maximum atomic E-state index is 10.7. The van der Waals surface area contributed by atoms with Crippen molar-refractivity contribution in [3.05, 3.63) is 65.9 Å². The molecule has 1 aliphatic heterocycles. The quantitative estimate of drug-likeness (QED) is 0.278. The zero-order chi connectivity index (χ0) is 26.0. The Hall–Kier alpha value is -3.35. The highest BCUT2D eigenvalue weighted by Gasteiger charge is 2.26. The normalized spacial score (nSPS) is 16.0. The molecule has 0 saturated carbocycles. The lowest BCUT2D eigenvalue weighted by atomic mass is 10.1. The van der Waals surface area contributed by atoms with E-state index in [9.17, 15) is 5.11 Å². The predicted molar refractivity (Wildman–Crippen MR) is 141 cm³/mol. The van der Waals surface area contributed by atoms with Crippen LogP contribution in [-0.2, 0) is 16.0 Å². The molecule has 1 aliphatic rings. The molecule has 1 aromatic heterocycles. The van der Waals surface area contributed by atoms with E-state index in [-0.39, 0.29) is 19.3 Å². The molecule has 0 spiro atoms. The maximum Gasteiger partial charge on any atom is 0.227 e. The molecule has 8 heteroatoms. The molecule has 8 nitrogen and oxygen atoms in total. The molecule has 196 valence electrons. The van der Waals surface area contributed by atoms with Crippen LogP contribution in [0.15, 0.2) is 54.6 Å².